The van der Waals surface area contributed by atoms with Crippen molar-refractivity contribution in [3.63, 3.8) is 0 Å². The van der Waals surface area contributed by atoms with Crippen LogP contribution in [0.15, 0.2) is 262 Å². The zero-order chi connectivity index (χ0) is 46.7. The Kier molecular flexibility index (Phi) is 9.06. The van der Waals surface area contributed by atoms with Crippen molar-refractivity contribution < 1.29 is 0 Å². The Morgan fingerprint density at radius 2 is 0.857 bits per heavy atom. The summed E-state index contributed by atoms with van der Waals surface area (Å²) in [6.45, 7) is 6.93. The van der Waals surface area contributed by atoms with Gasteiger partial charge >= 0.3 is 0 Å². The van der Waals surface area contributed by atoms with E-state index in [4.69, 9.17) is 0 Å². The second kappa shape index (κ2) is 15.5. The van der Waals surface area contributed by atoms with Gasteiger partial charge in [0.05, 0.1) is 11.4 Å². The molecule has 0 bridgehead atoms. The van der Waals surface area contributed by atoms with Crippen LogP contribution in [0.3, 0.4) is 0 Å². The molecule has 0 N–H and O–H groups in total. The summed E-state index contributed by atoms with van der Waals surface area (Å²) >= 11 is 0. The van der Waals surface area contributed by atoms with E-state index in [2.05, 4.69) is 273 Å². The topological polar surface area (TPSA) is 6.48 Å². The van der Waals surface area contributed by atoms with E-state index in [9.17, 15) is 0 Å². The molecule has 4 heteroatoms. The quantitative estimate of drug-likeness (QED) is 0.125. The Morgan fingerprint density at radius 1 is 0.371 bits per heavy atom. The van der Waals surface area contributed by atoms with Crippen molar-refractivity contribution in [1.29, 1.82) is 0 Å². The molecule has 332 valence electrons. The first-order valence-electron chi connectivity index (χ1n) is 24.5. The van der Waals surface area contributed by atoms with E-state index in [-0.39, 0.29) is 12.1 Å². The van der Waals surface area contributed by atoms with Gasteiger partial charge in [-0.2, -0.15) is 0 Å². The molecule has 2 nitrogen and oxygen atoms in total. The molecular formula is C66H49BN2S. The van der Waals surface area contributed by atoms with Gasteiger partial charge in [0.2, 0.25) is 0 Å². The Bertz CT molecular complexity index is 3800. The molecule has 3 heterocycles. The minimum Gasteiger partial charge on any atom is -0.311 e. The molecule has 14 rings (SSSR count). The SMILES string of the molecule is CC(C)(C)c1cccc(N2c3ccccc3B3c4cccc5c4N(c4ccccc4S5(c4ccccc4)c4ccccc4)c4cc(-c5c6ccccc6c(-c6ccccc6)c6ccccc56)cc2c43)c1. The Labute approximate surface area is 412 Å². The fourth-order valence-electron chi connectivity index (χ4n) is 12.3. The van der Waals surface area contributed by atoms with E-state index in [0.29, 0.717) is 0 Å². The number of anilines is 6. The molecule has 0 atom stereocenters. The van der Waals surface area contributed by atoms with E-state index in [1.165, 1.54) is 119 Å². The van der Waals surface area contributed by atoms with Crippen LogP contribution in [-0.2, 0) is 5.41 Å². The molecule has 3 aliphatic rings. The van der Waals surface area contributed by atoms with Gasteiger partial charge in [-0.05, 0) is 144 Å². The third kappa shape index (κ3) is 5.78. The van der Waals surface area contributed by atoms with Crippen LogP contribution < -0.4 is 26.2 Å². The molecule has 0 spiro atoms. The van der Waals surface area contributed by atoms with Gasteiger partial charge in [-0.15, -0.1) is 10.0 Å². The molecule has 0 radical (unpaired) electrons. The lowest BCUT2D eigenvalue weighted by Crippen LogP contribution is -2.61. The summed E-state index contributed by atoms with van der Waals surface area (Å²) in [5, 5.41) is 4.99. The van der Waals surface area contributed by atoms with E-state index in [0.717, 1.165) is 0 Å². The number of fused-ring (bicyclic) bond motifs is 8. The Morgan fingerprint density at radius 3 is 1.49 bits per heavy atom. The van der Waals surface area contributed by atoms with Crippen molar-refractivity contribution in [3.8, 4) is 22.3 Å². The number of para-hydroxylation sites is 3. The summed E-state index contributed by atoms with van der Waals surface area (Å²) in [6.07, 6.45) is 0. The van der Waals surface area contributed by atoms with Gasteiger partial charge in [-0.25, -0.2) is 0 Å². The maximum absolute atomic E-state index is 2.68. The first kappa shape index (κ1) is 41.0. The highest BCUT2D eigenvalue weighted by atomic mass is 32.3. The minimum absolute atomic E-state index is 0.0219. The van der Waals surface area contributed by atoms with Gasteiger partial charge in [0.25, 0.3) is 6.71 Å². The van der Waals surface area contributed by atoms with Crippen LogP contribution in [-0.4, -0.2) is 6.71 Å². The molecule has 3 aliphatic heterocycles. The van der Waals surface area contributed by atoms with Crippen molar-refractivity contribution in [2.75, 3.05) is 9.80 Å². The van der Waals surface area contributed by atoms with Crippen LogP contribution in [0.25, 0.3) is 43.8 Å². The molecule has 0 fully saturated rings. The van der Waals surface area contributed by atoms with E-state index >= 15 is 0 Å². The van der Waals surface area contributed by atoms with Crippen LogP contribution in [0.2, 0.25) is 0 Å². The standard InChI is InChI=1S/C66H49BN2S/c1-66(2,3)46-25-21-26-47(43-46)68-56-37-18-17-35-54(56)67-55-36-22-40-61-65(55)69(57-38-19-20-39-60(57)70(61,48-27-9-5-10-28-48)49-29-11-6-12-30-49)59-42-45(41-58(68)64(59)67)63-52-33-15-13-31-50(52)62(44-23-7-4-8-24-44)51-32-14-16-34-53(51)63/h4-43H,1-3H3. The number of nitrogens with zero attached hydrogens (tertiary/aromatic N) is 2. The van der Waals surface area contributed by atoms with Crippen LogP contribution in [0.5, 0.6) is 0 Å². The van der Waals surface area contributed by atoms with E-state index in [1.54, 1.807) is 0 Å². The minimum atomic E-state index is -1.98. The zero-order valence-electron chi connectivity index (χ0n) is 39.5. The van der Waals surface area contributed by atoms with Gasteiger partial charge in [0.1, 0.15) is 0 Å². The molecule has 0 aliphatic carbocycles. The number of benzene rings is 11. The van der Waals surface area contributed by atoms with E-state index in [1.807, 2.05) is 0 Å². The Balaban J connectivity index is 1.15. The van der Waals surface area contributed by atoms with E-state index < -0.39 is 10.0 Å². The summed E-state index contributed by atoms with van der Waals surface area (Å²) in [6, 6.07) is 92.0. The lowest BCUT2D eigenvalue weighted by atomic mass is 9.33. The molecule has 0 amide bonds. The van der Waals surface area contributed by atoms with Crippen molar-refractivity contribution in [3.05, 3.63) is 248 Å². The van der Waals surface area contributed by atoms with Crippen molar-refractivity contribution in [2.24, 2.45) is 0 Å². The maximum Gasteiger partial charge on any atom is 0.252 e. The number of hydrogen-bond donors (Lipinski definition) is 0. The molecule has 0 unspecified atom stereocenters. The van der Waals surface area contributed by atoms with Gasteiger partial charge in [0.15, 0.2) is 0 Å². The predicted octanol–water partition coefficient (Wildman–Crippen LogP) is 16.4. The molecule has 11 aromatic carbocycles. The summed E-state index contributed by atoms with van der Waals surface area (Å²) in [7, 11) is -1.98. The fourth-order valence-corrected chi connectivity index (χ4v) is 16.5. The maximum atomic E-state index is 2.68. The molecular weight excluding hydrogens is 864 g/mol. The van der Waals surface area contributed by atoms with Crippen LogP contribution in [0.1, 0.15) is 26.3 Å². The fraction of sp³-hybridized carbons (Fsp3) is 0.0606. The average Bonchev–Trinajstić information content (AvgIpc) is 3.41. The van der Waals surface area contributed by atoms with Gasteiger partial charge in [-0.1, -0.05) is 191 Å². The second-order valence-electron chi connectivity index (χ2n) is 20.0. The highest BCUT2D eigenvalue weighted by Gasteiger charge is 2.50. The third-order valence-corrected chi connectivity index (χ3v) is 19.1. The van der Waals surface area contributed by atoms with Crippen LogP contribution >= 0.6 is 10.0 Å². The number of rotatable bonds is 5. The average molecular weight is 913 g/mol. The van der Waals surface area contributed by atoms with Gasteiger partial charge in [-0.3, -0.25) is 0 Å². The smallest absolute Gasteiger partial charge is 0.252 e. The van der Waals surface area contributed by atoms with Crippen LogP contribution in [0, 0.1) is 0 Å². The summed E-state index contributed by atoms with van der Waals surface area (Å²) < 4.78 is 0. The first-order valence-corrected chi connectivity index (χ1v) is 26.2. The van der Waals surface area contributed by atoms with Gasteiger partial charge < -0.3 is 9.80 Å². The monoisotopic (exact) mass is 912 g/mol. The van der Waals surface area contributed by atoms with Crippen molar-refractivity contribution in [1.82, 2.24) is 0 Å². The summed E-state index contributed by atoms with van der Waals surface area (Å²) in [4.78, 5) is 10.7. The van der Waals surface area contributed by atoms with Gasteiger partial charge in [0, 0.05) is 42.3 Å². The normalized spacial score (nSPS) is 14.4. The summed E-state index contributed by atoms with van der Waals surface area (Å²) in [5.41, 5.74) is 17.6. The van der Waals surface area contributed by atoms with Crippen molar-refractivity contribution in [2.45, 2.75) is 45.8 Å². The molecule has 70 heavy (non-hydrogen) atoms. The first-order chi connectivity index (χ1) is 34.4. The van der Waals surface area contributed by atoms with Crippen molar-refractivity contribution >= 4 is 88.8 Å². The van der Waals surface area contributed by atoms with Crippen LogP contribution in [0.4, 0.5) is 34.1 Å². The molecule has 0 saturated carbocycles. The highest BCUT2D eigenvalue weighted by Crippen LogP contribution is 2.79. The second-order valence-corrected chi connectivity index (χ2v) is 23.0. The predicted molar refractivity (Wildman–Crippen MR) is 299 cm³/mol. The zero-order valence-corrected chi connectivity index (χ0v) is 40.3. The molecule has 11 aromatic rings. The highest BCUT2D eigenvalue weighted by molar-refractivity contribution is 8.34. The third-order valence-electron chi connectivity index (χ3n) is 15.2. The largest absolute Gasteiger partial charge is 0.311 e. The molecule has 0 saturated heterocycles. The lowest BCUT2D eigenvalue weighted by Gasteiger charge is -2.53. The summed E-state index contributed by atoms with van der Waals surface area (Å²) in [5.74, 6) is 0. The molecule has 0 aromatic heterocycles. The Hall–Kier alpha value is -8.05. The lowest BCUT2D eigenvalue weighted by molar-refractivity contribution is 0.590. The number of hydrogen-bond acceptors (Lipinski definition) is 2.